The van der Waals surface area contributed by atoms with Crippen LogP contribution in [0.15, 0.2) is 29.2 Å². The van der Waals surface area contributed by atoms with Crippen LogP contribution in [0.2, 0.25) is 5.02 Å². The summed E-state index contributed by atoms with van der Waals surface area (Å²) in [6.07, 6.45) is 0.796. The van der Waals surface area contributed by atoms with E-state index in [0.717, 1.165) is 17.2 Å². The normalized spacial score (nSPS) is 12.8. The molecule has 0 aliphatic heterocycles. The molecule has 0 aliphatic carbocycles. The van der Waals surface area contributed by atoms with Gasteiger partial charge in [0.05, 0.1) is 4.90 Å². The highest BCUT2D eigenvalue weighted by Crippen LogP contribution is 2.36. The molecule has 0 amide bonds. The molecule has 1 rings (SSSR count). The van der Waals surface area contributed by atoms with Crippen molar-refractivity contribution in [3.63, 3.8) is 0 Å². The second kappa shape index (κ2) is 4.98. The van der Waals surface area contributed by atoms with Crippen molar-refractivity contribution < 1.29 is 8.42 Å². The third kappa shape index (κ3) is 3.68. The Balaban J connectivity index is 2.99. The zero-order chi connectivity index (χ0) is 12.4. The Morgan fingerprint density at radius 2 is 1.75 bits per heavy atom. The van der Waals surface area contributed by atoms with E-state index in [1.54, 1.807) is 12.1 Å². The van der Waals surface area contributed by atoms with Gasteiger partial charge in [-0.05, 0) is 55.3 Å². The van der Waals surface area contributed by atoms with Crippen LogP contribution in [0.4, 0.5) is 0 Å². The van der Waals surface area contributed by atoms with Gasteiger partial charge in [-0.15, -0.1) is 0 Å². The van der Waals surface area contributed by atoms with Gasteiger partial charge in [0.15, 0.2) is 0 Å². The second-order valence-corrected chi connectivity index (χ2v) is 9.01. The fraction of sp³-hybridized carbons (Fsp3) is 0.455. The molecule has 0 bridgehead atoms. The first-order chi connectivity index (χ1) is 7.27. The van der Waals surface area contributed by atoms with Gasteiger partial charge >= 0.3 is 0 Å². The molecule has 0 fully saturated rings. The van der Waals surface area contributed by atoms with Crippen LogP contribution in [0.3, 0.4) is 0 Å². The summed E-state index contributed by atoms with van der Waals surface area (Å²) in [5.41, 5.74) is 0. The van der Waals surface area contributed by atoms with Crippen LogP contribution in [0, 0.1) is 0 Å². The summed E-state index contributed by atoms with van der Waals surface area (Å²) in [7, 11) is -2.30. The minimum Gasteiger partial charge on any atom is -0.212 e. The minimum absolute atomic E-state index is 0.279. The molecule has 5 heteroatoms. The number of benzene rings is 1. The molecule has 0 spiro atoms. The molecule has 1 aromatic carbocycles. The zero-order valence-corrected chi connectivity index (χ0v) is 11.9. The lowest BCUT2D eigenvalue weighted by Crippen LogP contribution is -2.16. The Morgan fingerprint density at radius 3 is 2.19 bits per heavy atom. The first kappa shape index (κ1) is 13.9. The van der Waals surface area contributed by atoms with E-state index in [9.17, 15) is 8.42 Å². The third-order valence-electron chi connectivity index (χ3n) is 2.29. The number of halogens is 1. The lowest BCUT2D eigenvalue weighted by molar-refractivity contribution is 0.608. The van der Waals surface area contributed by atoms with Gasteiger partial charge in [-0.2, -0.15) is 0 Å². The summed E-state index contributed by atoms with van der Waals surface area (Å²) in [5, 5.41) is 0.540. The zero-order valence-electron chi connectivity index (χ0n) is 9.53. The van der Waals surface area contributed by atoms with E-state index in [1.165, 1.54) is 12.1 Å². The lowest BCUT2D eigenvalue weighted by Gasteiger charge is -2.20. The van der Waals surface area contributed by atoms with E-state index in [0.29, 0.717) is 9.92 Å². The molecule has 1 aromatic rings. The lowest BCUT2D eigenvalue weighted by atomic mass is 10.1. The molecular formula is C11H15ClO2S2. The topological polar surface area (TPSA) is 34.1 Å². The molecule has 0 heterocycles. The Morgan fingerprint density at radius 1 is 1.25 bits per heavy atom. The van der Waals surface area contributed by atoms with E-state index in [1.807, 2.05) is 20.8 Å². The molecule has 0 unspecified atom stereocenters. The monoisotopic (exact) mass is 278 g/mol. The van der Waals surface area contributed by atoms with Crippen molar-refractivity contribution in [2.75, 3.05) is 0 Å². The fourth-order valence-electron chi connectivity index (χ4n) is 1.01. The maximum Gasteiger partial charge on any atom is 0.230 e. The van der Waals surface area contributed by atoms with Crippen molar-refractivity contribution in [1.82, 2.24) is 0 Å². The first-order valence-electron chi connectivity index (χ1n) is 4.98. The Bertz CT molecular complexity index is 449. The van der Waals surface area contributed by atoms with Crippen LogP contribution in [0.1, 0.15) is 27.2 Å². The smallest absolute Gasteiger partial charge is 0.212 e. The fourth-order valence-corrected chi connectivity index (χ4v) is 5.17. The van der Waals surface area contributed by atoms with E-state index < -0.39 is 8.87 Å². The predicted octanol–water partition coefficient (Wildman–Crippen LogP) is 3.95. The Hall–Kier alpha value is -0.190. The average molecular weight is 279 g/mol. The van der Waals surface area contributed by atoms with E-state index in [-0.39, 0.29) is 4.75 Å². The van der Waals surface area contributed by atoms with Crippen LogP contribution in [0.5, 0.6) is 0 Å². The van der Waals surface area contributed by atoms with Crippen molar-refractivity contribution in [3.05, 3.63) is 29.3 Å². The number of hydrogen-bond acceptors (Lipinski definition) is 3. The summed E-state index contributed by atoms with van der Waals surface area (Å²) in [5.74, 6) is 0. The molecule has 0 saturated heterocycles. The van der Waals surface area contributed by atoms with Gasteiger partial charge in [-0.25, -0.2) is 8.42 Å². The van der Waals surface area contributed by atoms with Crippen LogP contribution in [0.25, 0.3) is 0 Å². The van der Waals surface area contributed by atoms with E-state index in [2.05, 4.69) is 0 Å². The second-order valence-electron chi connectivity index (χ2n) is 4.10. The predicted molar refractivity (Wildman–Crippen MR) is 70.6 cm³/mol. The summed E-state index contributed by atoms with van der Waals surface area (Å²) in [6.45, 7) is 5.82. The molecular weight excluding hydrogens is 264 g/mol. The SMILES string of the molecule is CCC(C)(C)SS(=O)(=O)c1ccc(Cl)cc1. The highest BCUT2D eigenvalue weighted by atomic mass is 35.5. The van der Waals surface area contributed by atoms with E-state index in [4.69, 9.17) is 11.6 Å². The van der Waals surface area contributed by atoms with Gasteiger partial charge in [0.1, 0.15) is 0 Å². The molecule has 0 saturated carbocycles. The van der Waals surface area contributed by atoms with Crippen molar-refractivity contribution in [2.24, 2.45) is 0 Å². The molecule has 90 valence electrons. The maximum atomic E-state index is 12.0. The van der Waals surface area contributed by atoms with Crippen molar-refractivity contribution >= 4 is 31.3 Å². The molecule has 0 atom stereocenters. The Labute approximate surface area is 106 Å². The molecule has 0 aliphatic rings. The molecule has 16 heavy (non-hydrogen) atoms. The van der Waals surface area contributed by atoms with Crippen LogP contribution < -0.4 is 0 Å². The standard InChI is InChI=1S/C11H15ClO2S2/c1-4-11(2,3)15-16(13,14)10-7-5-9(12)6-8-10/h5-8H,4H2,1-3H3. The highest BCUT2D eigenvalue weighted by Gasteiger charge is 2.26. The van der Waals surface area contributed by atoms with Gasteiger partial charge in [0.2, 0.25) is 8.87 Å². The third-order valence-corrected chi connectivity index (χ3v) is 6.94. The quantitative estimate of drug-likeness (QED) is 0.782. The van der Waals surface area contributed by atoms with Gasteiger partial charge < -0.3 is 0 Å². The summed E-state index contributed by atoms with van der Waals surface area (Å²) in [4.78, 5) is 0.309. The molecule has 0 N–H and O–H groups in total. The van der Waals surface area contributed by atoms with Crippen molar-refractivity contribution in [3.8, 4) is 0 Å². The van der Waals surface area contributed by atoms with Gasteiger partial charge in [0.25, 0.3) is 0 Å². The van der Waals surface area contributed by atoms with Gasteiger partial charge in [-0.1, -0.05) is 18.5 Å². The number of hydrogen-bond donors (Lipinski definition) is 0. The van der Waals surface area contributed by atoms with Crippen molar-refractivity contribution in [1.29, 1.82) is 0 Å². The maximum absolute atomic E-state index is 12.0. The summed E-state index contributed by atoms with van der Waals surface area (Å²) >= 11 is 5.72. The van der Waals surface area contributed by atoms with Crippen molar-refractivity contribution in [2.45, 2.75) is 36.8 Å². The summed E-state index contributed by atoms with van der Waals surface area (Å²) < 4.78 is 23.8. The van der Waals surface area contributed by atoms with E-state index >= 15 is 0 Å². The van der Waals surface area contributed by atoms with Gasteiger partial charge in [0, 0.05) is 9.77 Å². The van der Waals surface area contributed by atoms with Crippen LogP contribution in [-0.2, 0) is 8.87 Å². The minimum atomic E-state index is -3.29. The molecule has 0 aromatic heterocycles. The molecule has 0 radical (unpaired) electrons. The highest BCUT2D eigenvalue weighted by molar-refractivity contribution is 8.72. The molecule has 2 nitrogen and oxygen atoms in total. The van der Waals surface area contributed by atoms with Gasteiger partial charge in [-0.3, -0.25) is 0 Å². The largest absolute Gasteiger partial charge is 0.230 e. The van der Waals surface area contributed by atoms with Crippen LogP contribution in [-0.4, -0.2) is 13.2 Å². The average Bonchev–Trinajstić information content (AvgIpc) is 2.17. The first-order valence-corrected chi connectivity index (χ1v) is 8.17. The summed E-state index contributed by atoms with van der Waals surface area (Å²) in [6, 6.07) is 6.26. The van der Waals surface area contributed by atoms with Crippen LogP contribution >= 0.6 is 22.4 Å². The Kier molecular flexibility index (Phi) is 4.32. The number of rotatable bonds is 4.